The molecule has 0 radical (unpaired) electrons. The van der Waals surface area contributed by atoms with Gasteiger partial charge in [0, 0.05) is 24.2 Å². The van der Waals surface area contributed by atoms with Gasteiger partial charge in [-0.2, -0.15) is 0 Å². The van der Waals surface area contributed by atoms with Crippen molar-refractivity contribution < 1.29 is 9.59 Å². The monoisotopic (exact) mass is 414 g/mol. The Balaban J connectivity index is 1.58. The van der Waals surface area contributed by atoms with Gasteiger partial charge in [0.05, 0.1) is 0 Å². The summed E-state index contributed by atoms with van der Waals surface area (Å²) in [6.07, 6.45) is 13.4. The second-order valence-corrected chi connectivity index (χ2v) is 8.82. The number of unbranched alkanes of at least 4 members (excludes halogenated alkanes) is 3. The van der Waals surface area contributed by atoms with E-state index in [2.05, 4.69) is 40.2 Å². The molecule has 1 aliphatic heterocycles. The fraction of sp³-hybridized carbons (Fsp3) is 0.667. The van der Waals surface area contributed by atoms with E-state index in [-0.39, 0.29) is 17.9 Å². The van der Waals surface area contributed by atoms with Crippen molar-refractivity contribution in [2.75, 3.05) is 11.9 Å². The molecule has 2 unspecified atom stereocenters. The lowest BCUT2D eigenvalue weighted by molar-refractivity contribution is -0.133. The molecule has 0 spiro atoms. The zero-order chi connectivity index (χ0) is 21.2. The maximum atomic E-state index is 12.0. The summed E-state index contributed by atoms with van der Waals surface area (Å²) in [5.74, 6) is -0.416. The van der Waals surface area contributed by atoms with Gasteiger partial charge in [0.2, 0.25) is 11.8 Å². The Morgan fingerprint density at radius 1 is 0.967 bits per heavy atom. The number of carbonyl (C=O) groups is 2. The van der Waals surface area contributed by atoms with Gasteiger partial charge in [0.1, 0.15) is 6.04 Å². The van der Waals surface area contributed by atoms with E-state index in [1.54, 1.807) is 0 Å². The summed E-state index contributed by atoms with van der Waals surface area (Å²) in [6, 6.07) is 9.12. The molecule has 5 N–H and O–H groups in total. The summed E-state index contributed by atoms with van der Waals surface area (Å²) < 4.78 is 0. The number of rotatable bonds is 11. The third kappa shape index (κ3) is 7.10. The van der Waals surface area contributed by atoms with Gasteiger partial charge in [-0.1, -0.05) is 50.7 Å². The fourth-order valence-corrected chi connectivity index (χ4v) is 4.59. The molecular weight excluding hydrogens is 376 g/mol. The molecule has 1 saturated heterocycles. The zero-order valence-electron chi connectivity index (χ0n) is 18.1. The Morgan fingerprint density at radius 2 is 1.70 bits per heavy atom. The van der Waals surface area contributed by atoms with Crippen LogP contribution in [0.2, 0.25) is 0 Å². The number of hydrogen-bond donors (Lipinski definition) is 4. The van der Waals surface area contributed by atoms with Crippen molar-refractivity contribution in [2.24, 2.45) is 5.73 Å². The van der Waals surface area contributed by atoms with Crippen molar-refractivity contribution in [3.05, 3.63) is 29.8 Å². The van der Waals surface area contributed by atoms with Crippen LogP contribution in [-0.2, 0) is 9.59 Å². The molecular formula is C24H38N4O2. The van der Waals surface area contributed by atoms with Crippen molar-refractivity contribution in [2.45, 2.75) is 95.2 Å². The number of piperidine rings is 1. The largest absolute Gasteiger partial charge is 0.374 e. The van der Waals surface area contributed by atoms with E-state index in [0.717, 1.165) is 25.1 Å². The van der Waals surface area contributed by atoms with E-state index in [9.17, 15) is 9.59 Å². The first-order chi connectivity index (χ1) is 14.7. The van der Waals surface area contributed by atoms with Gasteiger partial charge in [-0.15, -0.1) is 0 Å². The molecule has 166 valence electrons. The molecule has 1 aromatic carbocycles. The van der Waals surface area contributed by atoms with Crippen LogP contribution in [0.3, 0.4) is 0 Å². The molecule has 6 nitrogen and oxygen atoms in total. The molecule has 1 aliphatic carbocycles. The number of carbonyl (C=O) groups excluding carboxylic acids is 2. The van der Waals surface area contributed by atoms with Crippen molar-refractivity contribution in [3.8, 4) is 0 Å². The van der Waals surface area contributed by atoms with E-state index < -0.39 is 0 Å². The van der Waals surface area contributed by atoms with Crippen LogP contribution < -0.4 is 21.7 Å². The number of benzene rings is 1. The molecule has 2 aliphatic rings. The minimum Gasteiger partial charge on any atom is -0.374 e. The Labute approximate surface area is 180 Å². The quantitative estimate of drug-likeness (QED) is 0.326. The number of nitrogens with one attached hydrogen (secondary N) is 3. The number of nitrogens with two attached hydrogens (primary N) is 1. The lowest BCUT2D eigenvalue weighted by atomic mass is 9.92. The van der Waals surface area contributed by atoms with Gasteiger partial charge in [0.25, 0.3) is 0 Å². The van der Waals surface area contributed by atoms with Crippen LogP contribution in [0.25, 0.3) is 0 Å². The third-order valence-electron chi connectivity index (χ3n) is 6.38. The molecule has 1 saturated carbocycles. The lowest BCUT2D eigenvalue weighted by Gasteiger charge is -2.29. The first-order valence-electron chi connectivity index (χ1n) is 11.8. The van der Waals surface area contributed by atoms with Crippen LogP contribution in [0.15, 0.2) is 24.3 Å². The molecule has 0 aromatic heterocycles. The molecule has 30 heavy (non-hydrogen) atoms. The van der Waals surface area contributed by atoms with E-state index in [1.807, 2.05) is 0 Å². The predicted molar refractivity (Wildman–Crippen MR) is 121 cm³/mol. The summed E-state index contributed by atoms with van der Waals surface area (Å²) in [7, 11) is 0. The average Bonchev–Trinajstić information content (AvgIpc) is 2.76. The fourth-order valence-electron chi connectivity index (χ4n) is 4.59. The highest BCUT2D eigenvalue weighted by molar-refractivity contribution is 6.01. The first-order valence-corrected chi connectivity index (χ1v) is 11.8. The van der Waals surface area contributed by atoms with Gasteiger partial charge < -0.3 is 16.4 Å². The van der Waals surface area contributed by atoms with Crippen molar-refractivity contribution in [1.82, 2.24) is 10.6 Å². The Hall–Kier alpha value is -1.92. The van der Waals surface area contributed by atoms with Gasteiger partial charge in [0.15, 0.2) is 0 Å². The van der Waals surface area contributed by atoms with Gasteiger partial charge in [-0.25, -0.2) is 0 Å². The Kier molecular flexibility index (Phi) is 9.15. The summed E-state index contributed by atoms with van der Waals surface area (Å²) >= 11 is 0. The molecule has 2 fully saturated rings. The summed E-state index contributed by atoms with van der Waals surface area (Å²) in [5, 5.41) is 9.60. The summed E-state index contributed by atoms with van der Waals surface area (Å²) in [4.78, 5) is 23.3. The molecule has 0 bridgehead atoms. The number of hydrogen-bond acceptors (Lipinski definition) is 5. The predicted octanol–water partition coefficient (Wildman–Crippen LogP) is 3.78. The minimum absolute atomic E-state index is 0.184. The molecule has 2 amide bonds. The first kappa shape index (κ1) is 22.8. The lowest BCUT2D eigenvalue weighted by Crippen LogP contribution is -2.47. The highest BCUT2D eigenvalue weighted by Crippen LogP contribution is 2.27. The van der Waals surface area contributed by atoms with Crippen molar-refractivity contribution >= 4 is 17.5 Å². The molecule has 3 rings (SSSR count). The average molecular weight is 415 g/mol. The van der Waals surface area contributed by atoms with Crippen molar-refractivity contribution in [3.63, 3.8) is 0 Å². The molecule has 2 atom stereocenters. The maximum absolute atomic E-state index is 12.0. The second-order valence-electron chi connectivity index (χ2n) is 8.82. The third-order valence-corrected chi connectivity index (χ3v) is 6.38. The standard InChI is InChI=1S/C24H38N4O2/c25-17-7-2-1-6-10-21(26-19-8-4-3-5-9-19)18-11-13-20(14-12-18)27-22-15-16-23(29)28-24(22)30/h11-14,19,21-22,26-27H,1-10,15-17,25H2,(H,28,29,30). The smallest absolute Gasteiger partial charge is 0.249 e. The second kappa shape index (κ2) is 12.1. The van der Waals surface area contributed by atoms with Gasteiger partial charge >= 0.3 is 0 Å². The number of anilines is 1. The minimum atomic E-state index is -0.341. The SMILES string of the molecule is NCCCCCCC(NC1CCCCC1)c1ccc(NC2CCC(=O)NC2=O)cc1. The molecule has 6 heteroatoms. The van der Waals surface area contributed by atoms with Crippen LogP contribution in [0.4, 0.5) is 5.69 Å². The van der Waals surface area contributed by atoms with Crippen LogP contribution in [-0.4, -0.2) is 30.4 Å². The van der Waals surface area contributed by atoms with E-state index in [4.69, 9.17) is 5.73 Å². The Morgan fingerprint density at radius 3 is 2.40 bits per heavy atom. The summed E-state index contributed by atoms with van der Waals surface area (Å²) in [5.41, 5.74) is 7.86. The van der Waals surface area contributed by atoms with Crippen molar-refractivity contribution in [1.29, 1.82) is 0 Å². The normalized spacial score (nSPS) is 21.3. The highest BCUT2D eigenvalue weighted by atomic mass is 16.2. The highest BCUT2D eigenvalue weighted by Gasteiger charge is 2.26. The van der Waals surface area contributed by atoms with Crippen LogP contribution in [0, 0.1) is 0 Å². The van der Waals surface area contributed by atoms with E-state index in [1.165, 1.54) is 56.9 Å². The van der Waals surface area contributed by atoms with E-state index in [0.29, 0.717) is 24.9 Å². The maximum Gasteiger partial charge on any atom is 0.249 e. The van der Waals surface area contributed by atoms with E-state index >= 15 is 0 Å². The van der Waals surface area contributed by atoms with Crippen LogP contribution in [0.1, 0.15) is 88.7 Å². The Bertz CT molecular complexity index is 670. The van der Waals surface area contributed by atoms with Gasteiger partial charge in [-0.05, 0) is 56.3 Å². The zero-order valence-corrected chi connectivity index (χ0v) is 18.1. The molecule has 1 heterocycles. The van der Waals surface area contributed by atoms with Crippen LogP contribution in [0.5, 0.6) is 0 Å². The topological polar surface area (TPSA) is 96.2 Å². The summed E-state index contributed by atoms with van der Waals surface area (Å²) in [6.45, 7) is 0.783. The molecule has 1 aromatic rings. The number of amides is 2. The van der Waals surface area contributed by atoms with Gasteiger partial charge in [-0.3, -0.25) is 14.9 Å². The van der Waals surface area contributed by atoms with Crippen LogP contribution >= 0.6 is 0 Å². The number of imide groups is 1.